The van der Waals surface area contributed by atoms with Crippen molar-refractivity contribution in [3.8, 4) is 0 Å². The van der Waals surface area contributed by atoms with E-state index >= 15 is 0 Å². The van der Waals surface area contributed by atoms with Crippen molar-refractivity contribution in [2.24, 2.45) is 17.8 Å². The lowest BCUT2D eigenvalue weighted by Crippen LogP contribution is -2.54. The molecule has 3 nitrogen and oxygen atoms in total. The zero-order valence-corrected chi connectivity index (χ0v) is 9.24. The summed E-state index contributed by atoms with van der Waals surface area (Å²) in [6.07, 6.45) is 4.86. The summed E-state index contributed by atoms with van der Waals surface area (Å²) >= 11 is 0. The highest BCUT2D eigenvalue weighted by atomic mass is 16.2. The molecule has 3 heterocycles. The number of hydrogen-bond donors (Lipinski definition) is 1. The van der Waals surface area contributed by atoms with Gasteiger partial charge in [0, 0.05) is 19.0 Å². The first-order valence-corrected chi connectivity index (χ1v) is 6.32. The van der Waals surface area contributed by atoms with E-state index in [4.69, 9.17) is 0 Å². The fraction of sp³-hybridized carbons (Fsp3) is 0.917. The molecule has 1 saturated carbocycles. The van der Waals surface area contributed by atoms with Gasteiger partial charge in [0.25, 0.3) is 0 Å². The Morgan fingerprint density at radius 1 is 1.27 bits per heavy atom. The molecule has 0 radical (unpaired) electrons. The van der Waals surface area contributed by atoms with Crippen LogP contribution < -0.4 is 5.32 Å². The minimum Gasteiger partial charge on any atom is -0.342 e. The number of carbonyl (C=O) groups excluding carboxylic acids is 1. The van der Waals surface area contributed by atoms with Crippen molar-refractivity contribution in [1.29, 1.82) is 0 Å². The van der Waals surface area contributed by atoms with Gasteiger partial charge in [-0.25, -0.2) is 0 Å². The minimum atomic E-state index is 0.408. The van der Waals surface area contributed by atoms with Crippen molar-refractivity contribution in [2.75, 3.05) is 26.2 Å². The van der Waals surface area contributed by atoms with Crippen LogP contribution >= 0.6 is 0 Å². The number of hydrogen-bond acceptors (Lipinski definition) is 2. The normalized spacial score (nSPS) is 36.5. The highest BCUT2D eigenvalue weighted by molar-refractivity contribution is 5.81. The standard InChI is InChI=1S/C12H20N2O/c15-12-11-5-10(6-11)8-14(12)7-9-1-3-13-4-2-9/h9-11,13H,1-8H2. The topological polar surface area (TPSA) is 32.3 Å². The van der Waals surface area contributed by atoms with Crippen LogP contribution in [0.4, 0.5) is 0 Å². The van der Waals surface area contributed by atoms with Gasteiger partial charge in [0.05, 0.1) is 0 Å². The van der Waals surface area contributed by atoms with Crippen molar-refractivity contribution in [3.63, 3.8) is 0 Å². The van der Waals surface area contributed by atoms with Gasteiger partial charge < -0.3 is 10.2 Å². The fourth-order valence-electron chi connectivity index (χ4n) is 3.29. The summed E-state index contributed by atoms with van der Waals surface area (Å²) in [5.41, 5.74) is 0. The quantitative estimate of drug-likeness (QED) is 0.730. The molecule has 0 aromatic heterocycles. The molecular formula is C12H20N2O. The highest BCUT2D eigenvalue weighted by Crippen LogP contribution is 2.40. The number of nitrogens with zero attached hydrogens (tertiary/aromatic N) is 1. The highest BCUT2D eigenvalue weighted by Gasteiger charge is 2.43. The van der Waals surface area contributed by atoms with E-state index in [0.717, 1.165) is 38.0 Å². The molecule has 15 heavy (non-hydrogen) atoms. The Hall–Kier alpha value is -0.570. The lowest BCUT2D eigenvalue weighted by molar-refractivity contribution is -0.150. The largest absolute Gasteiger partial charge is 0.342 e. The van der Waals surface area contributed by atoms with Crippen molar-refractivity contribution in [3.05, 3.63) is 0 Å². The minimum absolute atomic E-state index is 0.408. The molecule has 84 valence electrons. The van der Waals surface area contributed by atoms with Crippen LogP contribution in [0, 0.1) is 17.8 Å². The van der Waals surface area contributed by atoms with E-state index in [1.807, 2.05) is 0 Å². The second-order valence-corrected chi connectivity index (χ2v) is 5.47. The van der Waals surface area contributed by atoms with Gasteiger partial charge in [0.2, 0.25) is 5.91 Å². The molecule has 4 fully saturated rings. The smallest absolute Gasteiger partial charge is 0.225 e. The van der Waals surface area contributed by atoms with Crippen LogP contribution in [0.1, 0.15) is 25.7 Å². The first kappa shape index (κ1) is 9.64. The molecule has 0 aromatic carbocycles. The second-order valence-electron chi connectivity index (χ2n) is 5.47. The number of rotatable bonds is 2. The third-order valence-corrected chi connectivity index (χ3v) is 4.31. The lowest BCUT2D eigenvalue weighted by Gasteiger charge is -2.47. The molecule has 0 spiro atoms. The Morgan fingerprint density at radius 3 is 2.67 bits per heavy atom. The molecule has 2 bridgehead atoms. The zero-order valence-electron chi connectivity index (χ0n) is 9.24. The van der Waals surface area contributed by atoms with E-state index < -0.39 is 0 Å². The summed E-state index contributed by atoms with van der Waals surface area (Å²) in [6.45, 7) is 4.37. The van der Waals surface area contributed by atoms with Crippen LogP contribution in [0.3, 0.4) is 0 Å². The zero-order chi connectivity index (χ0) is 10.3. The van der Waals surface area contributed by atoms with Crippen molar-refractivity contribution < 1.29 is 4.79 Å². The van der Waals surface area contributed by atoms with Crippen molar-refractivity contribution in [1.82, 2.24) is 10.2 Å². The first-order valence-electron chi connectivity index (χ1n) is 6.32. The van der Waals surface area contributed by atoms with Crippen molar-refractivity contribution >= 4 is 5.91 Å². The summed E-state index contributed by atoms with van der Waals surface area (Å²) < 4.78 is 0. The maximum absolute atomic E-state index is 11.9. The van der Waals surface area contributed by atoms with Gasteiger partial charge in [-0.3, -0.25) is 4.79 Å². The summed E-state index contributed by atoms with van der Waals surface area (Å²) in [4.78, 5) is 14.1. The molecule has 3 saturated heterocycles. The maximum Gasteiger partial charge on any atom is 0.225 e. The van der Waals surface area contributed by atoms with Gasteiger partial charge in [-0.2, -0.15) is 0 Å². The monoisotopic (exact) mass is 208 g/mol. The molecule has 3 aliphatic heterocycles. The van der Waals surface area contributed by atoms with E-state index in [1.54, 1.807) is 0 Å². The third-order valence-electron chi connectivity index (χ3n) is 4.31. The molecular weight excluding hydrogens is 188 g/mol. The number of amides is 1. The number of nitrogens with one attached hydrogen (secondary N) is 1. The maximum atomic E-state index is 11.9. The number of fused-ring (bicyclic) bond motifs is 2. The van der Waals surface area contributed by atoms with Crippen LogP contribution in [-0.2, 0) is 4.79 Å². The second kappa shape index (κ2) is 3.78. The lowest BCUT2D eigenvalue weighted by atomic mass is 9.70. The summed E-state index contributed by atoms with van der Waals surface area (Å²) in [5, 5.41) is 3.38. The molecule has 0 unspecified atom stereocenters. The van der Waals surface area contributed by atoms with Crippen LogP contribution in [0.2, 0.25) is 0 Å². The van der Waals surface area contributed by atoms with Gasteiger partial charge in [-0.15, -0.1) is 0 Å². The van der Waals surface area contributed by atoms with E-state index in [2.05, 4.69) is 10.2 Å². The molecule has 1 amide bonds. The molecule has 0 atom stereocenters. The molecule has 4 rings (SSSR count). The fourth-order valence-corrected chi connectivity index (χ4v) is 3.29. The van der Waals surface area contributed by atoms with E-state index in [1.165, 1.54) is 25.7 Å². The van der Waals surface area contributed by atoms with Crippen LogP contribution in [0.5, 0.6) is 0 Å². The number of piperidine rings is 3. The Balaban J connectivity index is 1.56. The average molecular weight is 208 g/mol. The molecule has 1 N–H and O–H groups in total. The molecule has 4 aliphatic rings. The third kappa shape index (κ3) is 1.78. The van der Waals surface area contributed by atoms with Crippen LogP contribution in [0.25, 0.3) is 0 Å². The Morgan fingerprint density at radius 2 is 2.00 bits per heavy atom. The summed E-state index contributed by atoms with van der Waals surface area (Å²) in [7, 11) is 0. The van der Waals surface area contributed by atoms with Crippen LogP contribution in [-0.4, -0.2) is 37.0 Å². The summed E-state index contributed by atoms with van der Waals surface area (Å²) in [5.74, 6) is 2.46. The van der Waals surface area contributed by atoms with Gasteiger partial charge >= 0.3 is 0 Å². The average Bonchev–Trinajstić information content (AvgIpc) is 2.20. The Labute approximate surface area is 91.2 Å². The molecule has 3 heteroatoms. The SMILES string of the molecule is O=C1C2CC(C2)CN1CC1CCNCC1. The Bertz CT molecular complexity index is 254. The molecule has 1 aliphatic carbocycles. The number of carbonyl (C=O) groups is 1. The van der Waals surface area contributed by atoms with Gasteiger partial charge in [-0.1, -0.05) is 0 Å². The van der Waals surface area contributed by atoms with E-state index in [-0.39, 0.29) is 0 Å². The van der Waals surface area contributed by atoms with Crippen molar-refractivity contribution in [2.45, 2.75) is 25.7 Å². The van der Waals surface area contributed by atoms with Gasteiger partial charge in [0.1, 0.15) is 0 Å². The van der Waals surface area contributed by atoms with Crippen LogP contribution in [0.15, 0.2) is 0 Å². The molecule has 0 aromatic rings. The van der Waals surface area contributed by atoms with Gasteiger partial charge in [-0.05, 0) is 50.6 Å². The first-order chi connectivity index (χ1) is 7.33. The van der Waals surface area contributed by atoms with E-state index in [0.29, 0.717) is 11.8 Å². The van der Waals surface area contributed by atoms with Gasteiger partial charge in [0.15, 0.2) is 0 Å². The Kier molecular flexibility index (Phi) is 2.43. The summed E-state index contributed by atoms with van der Waals surface area (Å²) in [6, 6.07) is 0. The predicted octanol–water partition coefficient (Wildman–Crippen LogP) is 0.854. The predicted molar refractivity (Wildman–Crippen MR) is 58.4 cm³/mol. The van der Waals surface area contributed by atoms with E-state index in [9.17, 15) is 4.79 Å².